The van der Waals surface area contributed by atoms with Gasteiger partial charge in [-0.25, -0.2) is 9.13 Å². The van der Waals surface area contributed by atoms with Crippen LogP contribution in [-0.2, 0) is 13.1 Å². The average Bonchev–Trinajstić information content (AvgIpc) is 3.27. The molecular formula is C21H22N3O2+. The zero-order chi connectivity index (χ0) is 18.1. The van der Waals surface area contributed by atoms with Gasteiger partial charge in [0.15, 0.2) is 0 Å². The lowest BCUT2D eigenvalue weighted by Gasteiger charge is -2.07. The molecule has 3 N–H and O–H groups in total. The van der Waals surface area contributed by atoms with Crippen molar-refractivity contribution in [2.24, 2.45) is 0 Å². The van der Waals surface area contributed by atoms with Gasteiger partial charge >= 0.3 is 5.95 Å². The third kappa shape index (κ3) is 2.97. The summed E-state index contributed by atoms with van der Waals surface area (Å²) >= 11 is 0. The van der Waals surface area contributed by atoms with E-state index in [9.17, 15) is 5.11 Å². The van der Waals surface area contributed by atoms with Crippen molar-refractivity contribution in [2.45, 2.75) is 26.1 Å². The molecule has 26 heavy (non-hydrogen) atoms. The van der Waals surface area contributed by atoms with Crippen LogP contribution in [0.2, 0.25) is 0 Å². The van der Waals surface area contributed by atoms with Gasteiger partial charge in [-0.1, -0.05) is 42.0 Å². The number of aromatic nitrogens is 2. The first kappa shape index (κ1) is 16.4. The van der Waals surface area contributed by atoms with Crippen LogP contribution in [0.25, 0.3) is 11.0 Å². The quantitative estimate of drug-likeness (QED) is 0.544. The number of imidazole rings is 1. The minimum atomic E-state index is -0.754. The van der Waals surface area contributed by atoms with Gasteiger partial charge in [-0.05, 0) is 36.8 Å². The molecule has 5 heteroatoms. The summed E-state index contributed by atoms with van der Waals surface area (Å²) in [5, 5.41) is 10.5. The third-order valence-electron chi connectivity index (χ3n) is 4.70. The summed E-state index contributed by atoms with van der Waals surface area (Å²) < 4.78 is 9.34. The Hall–Kier alpha value is -3.05. The topological polar surface area (TPSA) is 68.2 Å². The van der Waals surface area contributed by atoms with E-state index >= 15 is 0 Å². The molecule has 2 heterocycles. The second-order valence-corrected chi connectivity index (χ2v) is 6.56. The fourth-order valence-corrected chi connectivity index (χ4v) is 3.29. The van der Waals surface area contributed by atoms with E-state index in [2.05, 4.69) is 41.8 Å². The number of furan rings is 1. The van der Waals surface area contributed by atoms with E-state index in [0.717, 1.165) is 11.0 Å². The number of anilines is 1. The van der Waals surface area contributed by atoms with E-state index in [1.54, 1.807) is 18.4 Å². The molecule has 0 unspecified atom stereocenters. The zero-order valence-corrected chi connectivity index (χ0v) is 14.7. The Morgan fingerprint density at radius 2 is 1.85 bits per heavy atom. The van der Waals surface area contributed by atoms with Gasteiger partial charge in [-0.3, -0.25) is 5.73 Å². The molecule has 132 valence electrons. The summed E-state index contributed by atoms with van der Waals surface area (Å²) in [5.41, 5.74) is 10.9. The maximum atomic E-state index is 10.5. The summed E-state index contributed by atoms with van der Waals surface area (Å²) in [5.74, 6) is 1.14. The summed E-state index contributed by atoms with van der Waals surface area (Å²) in [6, 6.07) is 20.0. The van der Waals surface area contributed by atoms with E-state index < -0.39 is 6.10 Å². The summed E-state index contributed by atoms with van der Waals surface area (Å²) in [4.78, 5) is 0. The number of nitrogens with zero attached hydrogens (tertiary/aromatic N) is 2. The Morgan fingerprint density at radius 1 is 1.08 bits per heavy atom. The number of aliphatic hydroxyl groups is 1. The molecule has 0 aliphatic heterocycles. The molecule has 4 aromatic rings. The number of hydrogen-bond donors (Lipinski definition) is 2. The second kappa shape index (κ2) is 6.69. The molecule has 0 aliphatic carbocycles. The molecule has 0 saturated heterocycles. The van der Waals surface area contributed by atoms with E-state index in [1.807, 2.05) is 22.8 Å². The smallest absolute Gasteiger partial charge is 0.356 e. The van der Waals surface area contributed by atoms with Gasteiger partial charge in [-0.2, -0.15) is 0 Å². The van der Waals surface area contributed by atoms with Crippen molar-refractivity contribution >= 4 is 17.0 Å². The van der Waals surface area contributed by atoms with Gasteiger partial charge in [0.2, 0.25) is 0 Å². The molecule has 2 aromatic carbocycles. The third-order valence-corrected chi connectivity index (χ3v) is 4.70. The van der Waals surface area contributed by atoms with Gasteiger partial charge in [0.1, 0.15) is 29.4 Å². The molecule has 0 bridgehead atoms. The first-order valence-corrected chi connectivity index (χ1v) is 8.67. The van der Waals surface area contributed by atoms with E-state index in [1.165, 1.54) is 11.1 Å². The van der Waals surface area contributed by atoms with Crippen LogP contribution in [0.5, 0.6) is 0 Å². The van der Waals surface area contributed by atoms with Crippen molar-refractivity contribution in [1.29, 1.82) is 0 Å². The standard InChI is InChI=1S/C21H21N3O2/c1-15-8-10-16(11-9-15)13-23-17-5-2-3-6-18(17)24(21(23)22)14-19(25)20-7-4-12-26-20/h2-12,19,22,25H,13-14H2,1H3/p+1/t19-/m0/s1. The van der Waals surface area contributed by atoms with Crippen molar-refractivity contribution in [3.05, 3.63) is 83.8 Å². The van der Waals surface area contributed by atoms with Crippen LogP contribution in [0.1, 0.15) is 23.0 Å². The van der Waals surface area contributed by atoms with Crippen molar-refractivity contribution in [2.75, 3.05) is 5.73 Å². The number of para-hydroxylation sites is 2. The highest BCUT2D eigenvalue weighted by atomic mass is 16.4. The molecule has 0 aliphatic rings. The Kier molecular flexibility index (Phi) is 4.22. The molecule has 4 rings (SSSR count). The number of nitrogens with two attached hydrogens (primary N) is 1. The Balaban J connectivity index is 1.74. The first-order valence-electron chi connectivity index (χ1n) is 8.67. The lowest BCUT2D eigenvalue weighted by molar-refractivity contribution is -0.648. The lowest BCUT2D eigenvalue weighted by Crippen LogP contribution is -2.37. The number of hydrogen-bond acceptors (Lipinski definition) is 3. The monoisotopic (exact) mass is 348 g/mol. The van der Waals surface area contributed by atoms with Gasteiger partial charge in [0.25, 0.3) is 0 Å². The van der Waals surface area contributed by atoms with Gasteiger partial charge in [-0.15, -0.1) is 0 Å². The fourth-order valence-electron chi connectivity index (χ4n) is 3.29. The predicted molar refractivity (Wildman–Crippen MR) is 100 cm³/mol. The van der Waals surface area contributed by atoms with Crippen LogP contribution in [0.15, 0.2) is 71.3 Å². The normalized spacial score (nSPS) is 12.5. The predicted octanol–water partition coefficient (Wildman–Crippen LogP) is 3.19. The highest BCUT2D eigenvalue weighted by Gasteiger charge is 2.24. The summed E-state index contributed by atoms with van der Waals surface area (Å²) in [6.45, 7) is 3.09. The van der Waals surface area contributed by atoms with Gasteiger partial charge in [0, 0.05) is 0 Å². The van der Waals surface area contributed by atoms with Crippen LogP contribution < -0.4 is 10.3 Å². The van der Waals surface area contributed by atoms with Crippen molar-refractivity contribution < 1.29 is 14.1 Å². The maximum absolute atomic E-state index is 10.5. The number of aryl methyl sites for hydroxylation is 1. The molecule has 0 amide bonds. The number of fused-ring (bicyclic) bond motifs is 1. The number of nitrogen functional groups attached to an aromatic ring is 1. The number of aliphatic hydroxyl groups excluding tert-OH is 1. The average molecular weight is 348 g/mol. The van der Waals surface area contributed by atoms with Crippen LogP contribution >= 0.6 is 0 Å². The van der Waals surface area contributed by atoms with Gasteiger partial charge in [0.05, 0.1) is 12.8 Å². The summed E-state index contributed by atoms with van der Waals surface area (Å²) in [7, 11) is 0. The zero-order valence-electron chi connectivity index (χ0n) is 14.7. The highest BCUT2D eigenvalue weighted by Crippen LogP contribution is 2.22. The van der Waals surface area contributed by atoms with Crippen molar-refractivity contribution in [3.8, 4) is 0 Å². The second-order valence-electron chi connectivity index (χ2n) is 6.56. The largest absolute Gasteiger partial charge is 0.466 e. The van der Waals surface area contributed by atoms with Gasteiger partial charge < -0.3 is 9.52 Å². The number of benzene rings is 2. The molecule has 5 nitrogen and oxygen atoms in total. The fraction of sp³-hybridized carbons (Fsp3) is 0.190. The Morgan fingerprint density at radius 3 is 2.58 bits per heavy atom. The highest BCUT2D eigenvalue weighted by molar-refractivity contribution is 5.74. The molecule has 0 fully saturated rings. The SMILES string of the molecule is Cc1ccc(C[n+]2c(N)n(C[C@H](O)c3ccco3)c3ccccc32)cc1. The Bertz CT molecular complexity index is 1020. The lowest BCUT2D eigenvalue weighted by atomic mass is 10.1. The maximum Gasteiger partial charge on any atom is 0.356 e. The van der Waals surface area contributed by atoms with Crippen LogP contribution in [0, 0.1) is 6.92 Å². The van der Waals surface area contributed by atoms with E-state index in [4.69, 9.17) is 10.2 Å². The van der Waals surface area contributed by atoms with E-state index in [-0.39, 0.29) is 0 Å². The molecule has 2 aromatic heterocycles. The van der Waals surface area contributed by atoms with Crippen LogP contribution in [0.4, 0.5) is 5.95 Å². The van der Waals surface area contributed by atoms with Crippen LogP contribution in [0.3, 0.4) is 0 Å². The van der Waals surface area contributed by atoms with Crippen molar-refractivity contribution in [1.82, 2.24) is 4.57 Å². The van der Waals surface area contributed by atoms with Crippen LogP contribution in [-0.4, -0.2) is 9.67 Å². The minimum absolute atomic E-state index is 0.334. The molecule has 1 atom stereocenters. The molecule has 0 saturated carbocycles. The first-order chi connectivity index (χ1) is 12.6. The molecule has 0 spiro atoms. The van der Waals surface area contributed by atoms with Crippen molar-refractivity contribution in [3.63, 3.8) is 0 Å². The minimum Gasteiger partial charge on any atom is -0.466 e. The summed E-state index contributed by atoms with van der Waals surface area (Å²) in [6.07, 6.45) is 0.809. The molecule has 0 radical (unpaired) electrons. The number of rotatable bonds is 5. The van der Waals surface area contributed by atoms with E-state index in [0.29, 0.717) is 24.8 Å². The Labute approximate surface area is 151 Å². The molecular weight excluding hydrogens is 326 g/mol.